The summed E-state index contributed by atoms with van der Waals surface area (Å²) >= 11 is 0. The van der Waals surface area contributed by atoms with Gasteiger partial charge in [0.2, 0.25) is 5.91 Å². The van der Waals surface area contributed by atoms with E-state index in [4.69, 9.17) is 4.74 Å². The van der Waals surface area contributed by atoms with Gasteiger partial charge in [0.1, 0.15) is 24.8 Å². The van der Waals surface area contributed by atoms with E-state index in [2.05, 4.69) is 10.9 Å². The van der Waals surface area contributed by atoms with Gasteiger partial charge in [-0.3, -0.25) is 25.2 Å². The summed E-state index contributed by atoms with van der Waals surface area (Å²) in [4.78, 5) is 39.3. The molecule has 0 unspecified atom stereocenters. The van der Waals surface area contributed by atoms with Gasteiger partial charge in [0.25, 0.3) is 11.8 Å². The topological polar surface area (TPSA) is 91.0 Å². The smallest absolute Gasteiger partial charge is 0.269 e. The van der Waals surface area contributed by atoms with Gasteiger partial charge in [0.15, 0.2) is 0 Å². The van der Waals surface area contributed by atoms with E-state index >= 15 is 0 Å². The molecule has 8 nitrogen and oxygen atoms in total. The van der Waals surface area contributed by atoms with E-state index in [1.807, 2.05) is 4.90 Å². The van der Waals surface area contributed by atoms with Gasteiger partial charge < -0.3 is 14.5 Å². The van der Waals surface area contributed by atoms with Crippen LogP contribution >= 0.6 is 0 Å². The van der Waals surface area contributed by atoms with E-state index in [1.165, 1.54) is 24.3 Å². The number of anilines is 1. The van der Waals surface area contributed by atoms with Crippen molar-refractivity contribution in [3.63, 3.8) is 0 Å². The van der Waals surface area contributed by atoms with Gasteiger partial charge in [0.05, 0.1) is 5.69 Å². The fourth-order valence-corrected chi connectivity index (χ4v) is 3.09. The molecule has 0 atom stereocenters. The second-order valence-corrected chi connectivity index (χ2v) is 6.82. The number of hydrogen-bond donors (Lipinski definition) is 2. The first-order valence-electron chi connectivity index (χ1n) is 9.64. The van der Waals surface area contributed by atoms with Gasteiger partial charge in [-0.05, 0) is 30.3 Å². The van der Waals surface area contributed by atoms with Crippen molar-refractivity contribution >= 4 is 23.4 Å². The highest BCUT2D eigenvalue weighted by molar-refractivity contribution is 5.95. The fourth-order valence-electron chi connectivity index (χ4n) is 3.09. The molecule has 0 aromatic heterocycles. The number of amides is 3. The molecule has 164 valence electrons. The Hall–Kier alpha value is -3.53. The predicted octanol–water partition coefficient (Wildman–Crippen LogP) is 1.09. The number of hydrogen-bond acceptors (Lipinski definition) is 5. The van der Waals surface area contributed by atoms with E-state index < -0.39 is 24.2 Å². The molecule has 0 bridgehead atoms. The Bertz CT molecular complexity index is 948. The zero-order chi connectivity index (χ0) is 22.2. The van der Waals surface area contributed by atoms with E-state index in [0.717, 1.165) is 6.07 Å². The van der Waals surface area contributed by atoms with Crippen LogP contribution in [0, 0.1) is 11.6 Å². The summed E-state index contributed by atoms with van der Waals surface area (Å²) in [5.74, 6) is -2.51. The number of piperazine rings is 1. The average molecular weight is 432 g/mol. The molecule has 0 spiro atoms. The Morgan fingerprint density at radius 3 is 2.35 bits per heavy atom. The third-order valence-electron chi connectivity index (χ3n) is 4.69. The lowest BCUT2D eigenvalue weighted by Gasteiger charge is -2.36. The number of hydrazine groups is 1. The summed E-state index contributed by atoms with van der Waals surface area (Å²) in [5, 5.41) is 0. The summed E-state index contributed by atoms with van der Waals surface area (Å²) in [5.41, 5.74) is 4.82. The van der Waals surface area contributed by atoms with Crippen molar-refractivity contribution in [3.8, 4) is 0 Å². The molecule has 0 aliphatic carbocycles. The number of benzene rings is 2. The minimum absolute atomic E-state index is 0.0472. The molecular formula is C21H22F2N4O4. The van der Waals surface area contributed by atoms with Crippen LogP contribution in [0.2, 0.25) is 0 Å². The maximum absolute atomic E-state index is 13.9. The number of ether oxygens (including phenoxy) is 1. The summed E-state index contributed by atoms with van der Waals surface area (Å²) in [6.45, 7) is 1.05. The molecule has 2 N–H and O–H groups in total. The zero-order valence-corrected chi connectivity index (χ0v) is 16.6. The molecule has 1 saturated heterocycles. The van der Waals surface area contributed by atoms with Crippen molar-refractivity contribution in [2.75, 3.05) is 44.3 Å². The number of rotatable bonds is 6. The number of nitrogens with zero attached hydrogens (tertiary/aromatic N) is 2. The first-order chi connectivity index (χ1) is 14.9. The highest BCUT2D eigenvalue weighted by atomic mass is 19.1. The lowest BCUT2D eigenvalue weighted by atomic mass is 10.2. The lowest BCUT2D eigenvalue weighted by molar-refractivity contribution is -0.138. The van der Waals surface area contributed by atoms with Crippen molar-refractivity contribution in [1.29, 1.82) is 0 Å². The molecule has 10 heteroatoms. The third-order valence-corrected chi connectivity index (χ3v) is 4.69. The highest BCUT2D eigenvalue weighted by Crippen LogP contribution is 2.20. The van der Waals surface area contributed by atoms with Gasteiger partial charge in [-0.25, -0.2) is 8.78 Å². The Balaban J connectivity index is 1.34. The van der Waals surface area contributed by atoms with Gasteiger partial charge in [-0.15, -0.1) is 0 Å². The van der Waals surface area contributed by atoms with Crippen LogP contribution in [0.3, 0.4) is 0 Å². The average Bonchev–Trinajstić information content (AvgIpc) is 2.78. The highest BCUT2D eigenvalue weighted by Gasteiger charge is 2.22. The second-order valence-electron chi connectivity index (χ2n) is 6.82. The van der Waals surface area contributed by atoms with Crippen molar-refractivity contribution in [2.24, 2.45) is 0 Å². The maximum atomic E-state index is 13.9. The summed E-state index contributed by atoms with van der Waals surface area (Å²) in [7, 11) is 0. The van der Waals surface area contributed by atoms with Crippen LogP contribution in [0.15, 0.2) is 48.5 Å². The maximum Gasteiger partial charge on any atom is 0.269 e. The van der Waals surface area contributed by atoms with Crippen LogP contribution < -0.4 is 15.8 Å². The minimum Gasteiger partial charge on any atom is -0.366 e. The molecule has 2 aromatic carbocycles. The molecule has 1 heterocycles. The lowest BCUT2D eigenvalue weighted by Crippen LogP contribution is -2.50. The van der Waals surface area contributed by atoms with Crippen LogP contribution in [0.1, 0.15) is 10.4 Å². The third kappa shape index (κ3) is 6.22. The van der Waals surface area contributed by atoms with E-state index in [-0.39, 0.29) is 23.9 Å². The van der Waals surface area contributed by atoms with Crippen molar-refractivity contribution in [2.45, 2.75) is 0 Å². The first-order valence-corrected chi connectivity index (χ1v) is 9.64. The monoisotopic (exact) mass is 432 g/mol. The van der Waals surface area contributed by atoms with Gasteiger partial charge in [0, 0.05) is 31.7 Å². The second kappa shape index (κ2) is 10.5. The van der Waals surface area contributed by atoms with E-state index in [0.29, 0.717) is 31.9 Å². The van der Waals surface area contributed by atoms with Crippen molar-refractivity contribution in [1.82, 2.24) is 15.8 Å². The number of halogens is 2. The molecule has 3 rings (SSSR count). The van der Waals surface area contributed by atoms with E-state index in [1.54, 1.807) is 23.1 Å². The van der Waals surface area contributed by atoms with Crippen LogP contribution in [0.5, 0.6) is 0 Å². The quantitative estimate of drug-likeness (QED) is 0.667. The predicted molar refractivity (Wildman–Crippen MR) is 108 cm³/mol. The standard InChI is InChI=1S/C21H22F2N4O4/c22-16-5-3-4-15(12-16)21(30)25-24-19(28)13-31-14-20(29)27-10-8-26(9-11-27)18-7-2-1-6-17(18)23/h1-7,12H,8-11,13-14H2,(H,24,28)(H,25,30). The molecule has 0 radical (unpaired) electrons. The number of carbonyl (C=O) groups is 3. The summed E-state index contributed by atoms with van der Waals surface area (Å²) < 4.78 is 32.1. The molecule has 0 saturated carbocycles. The SMILES string of the molecule is O=C(COCC(=O)N1CCN(c2ccccc2F)CC1)NNC(=O)c1cccc(F)c1. The Kier molecular flexibility index (Phi) is 7.50. The summed E-state index contributed by atoms with van der Waals surface area (Å²) in [6.07, 6.45) is 0. The van der Waals surface area contributed by atoms with Crippen molar-refractivity contribution < 1.29 is 27.9 Å². The Morgan fingerprint density at radius 2 is 1.65 bits per heavy atom. The van der Waals surface area contributed by atoms with Gasteiger partial charge in [-0.2, -0.15) is 0 Å². The van der Waals surface area contributed by atoms with Crippen LogP contribution in [0.4, 0.5) is 14.5 Å². The molecular weight excluding hydrogens is 410 g/mol. The van der Waals surface area contributed by atoms with E-state index in [9.17, 15) is 23.2 Å². The normalized spacial score (nSPS) is 13.6. The number of para-hydroxylation sites is 1. The van der Waals surface area contributed by atoms with Gasteiger partial charge in [-0.1, -0.05) is 18.2 Å². The molecule has 1 fully saturated rings. The van der Waals surface area contributed by atoms with Crippen LogP contribution in [-0.4, -0.2) is 62.0 Å². The zero-order valence-electron chi connectivity index (χ0n) is 16.6. The Labute approximate surface area is 177 Å². The van der Waals surface area contributed by atoms with Crippen molar-refractivity contribution in [3.05, 3.63) is 65.7 Å². The fraction of sp³-hybridized carbons (Fsp3) is 0.286. The molecule has 2 aromatic rings. The molecule has 3 amide bonds. The minimum atomic E-state index is -0.684. The Morgan fingerprint density at radius 1 is 0.903 bits per heavy atom. The number of nitrogens with one attached hydrogen (secondary N) is 2. The van der Waals surface area contributed by atoms with Crippen LogP contribution in [0.25, 0.3) is 0 Å². The largest absolute Gasteiger partial charge is 0.366 e. The number of carbonyl (C=O) groups excluding carboxylic acids is 3. The summed E-state index contributed by atoms with van der Waals surface area (Å²) in [6, 6.07) is 11.5. The molecule has 1 aliphatic rings. The van der Waals surface area contributed by atoms with Gasteiger partial charge >= 0.3 is 0 Å². The molecule has 31 heavy (non-hydrogen) atoms. The first kappa shape index (κ1) is 22.2. The van der Waals surface area contributed by atoms with Crippen LogP contribution in [-0.2, 0) is 14.3 Å². The molecule has 1 aliphatic heterocycles.